The summed E-state index contributed by atoms with van der Waals surface area (Å²) in [6, 6.07) is 7.52. The minimum absolute atomic E-state index is 0.0648. The summed E-state index contributed by atoms with van der Waals surface area (Å²) in [5, 5.41) is 7.97. The average Bonchev–Trinajstić information content (AvgIpc) is 2.73. The summed E-state index contributed by atoms with van der Waals surface area (Å²) in [6.45, 7) is 3.66. The molecule has 1 aliphatic heterocycles. The lowest BCUT2D eigenvalue weighted by Crippen LogP contribution is -2.46. The predicted molar refractivity (Wildman–Crippen MR) is 117 cm³/mol. The van der Waals surface area contributed by atoms with Gasteiger partial charge in [-0.25, -0.2) is 12.7 Å². The van der Waals surface area contributed by atoms with Gasteiger partial charge in [0.05, 0.1) is 17.2 Å². The number of rotatable bonds is 8. The molecule has 2 heterocycles. The number of sulfonamides is 1. The first-order valence-corrected chi connectivity index (χ1v) is 11.9. The fourth-order valence-electron chi connectivity index (χ4n) is 3.53. The molecule has 2 N–H and O–H groups in total. The summed E-state index contributed by atoms with van der Waals surface area (Å²) in [7, 11) is -3.24. The topological polar surface area (TPSA) is 91.4 Å². The van der Waals surface area contributed by atoms with Crippen molar-refractivity contribution in [1.82, 2.24) is 14.6 Å². The Kier molecular flexibility index (Phi) is 7.32. The molecule has 1 saturated heterocycles. The number of hydrogen-bond acceptors (Lipinski definition) is 5. The fourth-order valence-corrected chi connectivity index (χ4v) is 4.88. The van der Waals surface area contributed by atoms with E-state index in [-0.39, 0.29) is 24.1 Å². The third-order valence-corrected chi connectivity index (χ3v) is 7.27. The lowest BCUT2D eigenvalue weighted by molar-refractivity contribution is -0.126. The smallest absolute Gasteiger partial charge is 0.224 e. The monoisotopic (exact) mass is 438 g/mol. The molecular formula is C20H27ClN4O3S. The third kappa shape index (κ3) is 5.58. The van der Waals surface area contributed by atoms with Crippen molar-refractivity contribution >= 4 is 44.1 Å². The van der Waals surface area contributed by atoms with Crippen molar-refractivity contribution in [3.05, 3.63) is 35.5 Å². The normalized spacial score (nSPS) is 17.9. The molecule has 1 fully saturated rings. The molecule has 158 valence electrons. The lowest BCUT2D eigenvalue weighted by Gasteiger charge is -2.30. The summed E-state index contributed by atoms with van der Waals surface area (Å²) in [6.07, 6.45) is 3.94. The molecule has 1 unspecified atom stereocenters. The van der Waals surface area contributed by atoms with E-state index in [0.29, 0.717) is 24.7 Å². The van der Waals surface area contributed by atoms with E-state index in [9.17, 15) is 13.2 Å². The Morgan fingerprint density at radius 3 is 2.93 bits per heavy atom. The summed E-state index contributed by atoms with van der Waals surface area (Å²) < 4.78 is 25.5. The maximum absolute atomic E-state index is 12.4. The van der Waals surface area contributed by atoms with Crippen LogP contribution < -0.4 is 10.6 Å². The predicted octanol–water partition coefficient (Wildman–Crippen LogP) is 2.87. The number of piperidine rings is 1. The number of nitrogens with one attached hydrogen (secondary N) is 2. The molecule has 0 aliphatic carbocycles. The minimum atomic E-state index is -3.24. The van der Waals surface area contributed by atoms with Gasteiger partial charge in [0.25, 0.3) is 0 Å². The van der Waals surface area contributed by atoms with Gasteiger partial charge in [-0.2, -0.15) is 0 Å². The van der Waals surface area contributed by atoms with E-state index in [1.54, 1.807) is 13.1 Å². The summed E-state index contributed by atoms with van der Waals surface area (Å²) in [5.41, 5.74) is 1.81. The van der Waals surface area contributed by atoms with Crippen LogP contribution in [0.5, 0.6) is 0 Å². The second kappa shape index (κ2) is 9.73. The molecule has 0 bridgehead atoms. The SMILES string of the molecule is CCS(=O)(=O)N1CCCC(C(=O)NCCCNc2ccnc3cc(Cl)ccc23)C1. The van der Waals surface area contributed by atoms with Crippen molar-refractivity contribution in [2.24, 2.45) is 5.92 Å². The zero-order valence-electron chi connectivity index (χ0n) is 16.5. The maximum Gasteiger partial charge on any atom is 0.224 e. The van der Waals surface area contributed by atoms with E-state index in [2.05, 4.69) is 15.6 Å². The van der Waals surface area contributed by atoms with E-state index in [1.165, 1.54) is 4.31 Å². The molecule has 1 amide bonds. The Morgan fingerprint density at radius 1 is 1.31 bits per heavy atom. The van der Waals surface area contributed by atoms with Gasteiger partial charge < -0.3 is 10.6 Å². The van der Waals surface area contributed by atoms with Gasteiger partial charge in [0.2, 0.25) is 15.9 Å². The molecule has 1 aromatic heterocycles. The molecule has 9 heteroatoms. The highest BCUT2D eigenvalue weighted by Gasteiger charge is 2.31. The Morgan fingerprint density at radius 2 is 2.14 bits per heavy atom. The number of anilines is 1. The van der Waals surface area contributed by atoms with Gasteiger partial charge in [0.15, 0.2) is 0 Å². The van der Waals surface area contributed by atoms with E-state index in [1.807, 2.05) is 24.3 Å². The number of amides is 1. The number of benzene rings is 1. The molecule has 1 aliphatic rings. The number of aromatic nitrogens is 1. The average molecular weight is 439 g/mol. The number of pyridine rings is 1. The Hall–Kier alpha value is -1.90. The lowest BCUT2D eigenvalue weighted by atomic mass is 9.99. The molecule has 1 aromatic carbocycles. The first-order chi connectivity index (χ1) is 13.9. The zero-order valence-corrected chi connectivity index (χ0v) is 18.1. The molecular weight excluding hydrogens is 412 g/mol. The standard InChI is InChI=1S/C20H27ClN4O3S/c1-2-29(27,28)25-12-3-5-15(14-25)20(26)24-10-4-9-22-18-8-11-23-19-13-16(21)6-7-17(18)19/h6-8,11,13,15H,2-5,9-10,12,14H2,1H3,(H,22,23)(H,24,26). The van der Waals surface area contributed by atoms with Gasteiger partial charge in [-0.05, 0) is 50.5 Å². The van der Waals surface area contributed by atoms with Gasteiger partial charge in [0, 0.05) is 48.5 Å². The number of halogens is 1. The number of nitrogens with zero attached hydrogens (tertiary/aromatic N) is 2. The molecule has 0 radical (unpaired) electrons. The van der Waals surface area contributed by atoms with Gasteiger partial charge in [-0.1, -0.05) is 11.6 Å². The van der Waals surface area contributed by atoms with Crippen molar-refractivity contribution in [2.45, 2.75) is 26.2 Å². The quantitative estimate of drug-likeness (QED) is 0.618. The van der Waals surface area contributed by atoms with Crippen LogP contribution in [0.3, 0.4) is 0 Å². The van der Waals surface area contributed by atoms with Crippen molar-refractivity contribution in [1.29, 1.82) is 0 Å². The number of hydrogen-bond donors (Lipinski definition) is 2. The van der Waals surface area contributed by atoms with Crippen LogP contribution in [0.4, 0.5) is 5.69 Å². The van der Waals surface area contributed by atoms with Crippen LogP contribution in [0.25, 0.3) is 10.9 Å². The number of carbonyl (C=O) groups excluding carboxylic acids is 1. The maximum atomic E-state index is 12.4. The minimum Gasteiger partial charge on any atom is -0.384 e. The zero-order chi connectivity index (χ0) is 20.9. The van der Waals surface area contributed by atoms with E-state index < -0.39 is 10.0 Å². The van der Waals surface area contributed by atoms with Crippen molar-refractivity contribution < 1.29 is 13.2 Å². The largest absolute Gasteiger partial charge is 0.384 e. The Labute approximate surface area is 176 Å². The van der Waals surface area contributed by atoms with Crippen LogP contribution in [0.2, 0.25) is 5.02 Å². The van der Waals surface area contributed by atoms with E-state index >= 15 is 0 Å². The van der Waals surface area contributed by atoms with Gasteiger partial charge in [0.1, 0.15) is 0 Å². The van der Waals surface area contributed by atoms with Crippen LogP contribution >= 0.6 is 11.6 Å². The Balaban J connectivity index is 1.44. The van der Waals surface area contributed by atoms with Crippen molar-refractivity contribution in [3.8, 4) is 0 Å². The van der Waals surface area contributed by atoms with Crippen LogP contribution in [0.1, 0.15) is 26.2 Å². The van der Waals surface area contributed by atoms with Crippen molar-refractivity contribution in [2.75, 3.05) is 37.2 Å². The van der Waals surface area contributed by atoms with Gasteiger partial charge in [-0.3, -0.25) is 9.78 Å². The highest BCUT2D eigenvalue weighted by molar-refractivity contribution is 7.89. The van der Waals surface area contributed by atoms with E-state index in [4.69, 9.17) is 11.6 Å². The Bertz CT molecular complexity index is 967. The van der Waals surface area contributed by atoms with Gasteiger partial charge >= 0.3 is 0 Å². The van der Waals surface area contributed by atoms with Crippen molar-refractivity contribution in [3.63, 3.8) is 0 Å². The molecule has 0 saturated carbocycles. The summed E-state index contributed by atoms with van der Waals surface area (Å²) in [5.74, 6) is -0.264. The molecule has 1 atom stereocenters. The first kappa shape index (κ1) is 21.8. The van der Waals surface area contributed by atoms with Crippen LogP contribution in [0.15, 0.2) is 30.5 Å². The second-order valence-electron chi connectivity index (χ2n) is 7.19. The number of carbonyl (C=O) groups is 1. The second-order valence-corrected chi connectivity index (χ2v) is 9.88. The highest BCUT2D eigenvalue weighted by atomic mass is 35.5. The molecule has 3 rings (SSSR count). The van der Waals surface area contributed by atoms with Crippen LogP contribution in [-0.4, -0.2) is 55.5 Å². The third-order valence-electron chi connectivity index (χ3n) is 5.19. The highest BCUT2D eigenvalue weighted by Crippen LogP contribution is 2.24. The molecule has 7 nitrogen and oxygen atoms in total. The number of fused-ring (bicyclic) bond motifs is 1. The first-order valence-electron chi connectivity index (χ1n) is 9.94. The summed E-state index contributed by atoms with van der Waals surface area (Å²) in [4.78, 5) is 16.7. The van der Waals surface area contributed by atoms with Crippen LogP contribution in [0, 0.1) is 5.92 Å². The molecule has 29 heavy (non-hydrogen) atoms. The molecule has 2 aromatic rings. The van der Waals surface area contributed by atoms with E-state index in [0.717, 1.165) is 35.9 Å². The fraction of sp³-hybridized carbons (Fsp3) is 0.500. The molecule has 0 spiro atoms. The van der Waals surface area contributed by atoms with Crippen LogP contribution in [-0.2, 0) is 14.8 Å². The van der Waals surface area contributed by atoms with Gasteiger partial charge in [-0.15, -0.1) is 0 Å². The summed E-state index contributed by atoms with van der Waals surface area (Å²) >= 11 is 6.02.